The molecule has 1 fully saturated rings. The zero-order chi connectivity index (χ0) is 13.1. The number of carboxylic acids is 1. The minimum atomic E-state index is -0.873. The Morgan fingerprint density at radius 3 is 2.18 bits per heavy atom. The Balaban J connectivity index is 2.56. The highest BCUT2D eigenvalue weighted by Crippen LogP contribution is 2.31. The van der Waals surface area contributed by atoms with Crippen molar-refractivity contribution in [3.05, 3.63) is 0 Å². The lowest BCUT2D eigenvalue weighted by Gasteiger charge is -2.28. The van der Waals surface area contributed by atoms with Crippen molar-refractivity contribution in [2.45, 2.75) is 46.5 Å². The Morgan fingerprint density at radius 2 is 1.71 bits per heavy atom. The van der Waals surface area contributed by atoms with Crippen LogP contribution in [0.5, 0.6) is 0 Å². The molecule has 1 rings (SSSR count). The number of esters is 1. The van der Waals surface area contributed by atoms with Gasteiger partial charge in [0.15, 0.2) is 0 Å². The fraction of sp³-hybridized carbons (Fsp3) is 0.846. The molecule has 4 heteroatoms. The highest BCUT2D eigenvalue weighted by atomic mass is 16.5. The molecule has 0 spiro atoms. The van der Waals surface area contributed by atoms with Gasteiger partial charge >= 0.3 is 11.9 Å². The van der Waals surface area contributed by atoms with E-state index in [0.29, 0.717) is 19.4 Å². The molecule has 2 unspecified atom stereocenters. The van der Waals surface area contributed by atoms with Crippen molar-refractivity contribution in [1.29, 1.82) is 0 Å². The molecule has 4 nitrogen and oxygen atoms in total. The lowest BCUT2D eigenvalue weighted by atomic mass is 9.79. The van der Waals surface area contributed by atoms with E-state index < -0.39 is 17.8 Å². The lowest BCUT2D eigenvalue weighted by molar-refractivity contribution is -0.161. The molecular formula is C13H22O4. The van der Waals surface area contributed by atoms with Crippen LogP contribution in [0.2, 0.25) is 0 Å². The van der Waals surface area contributed by atoms with Crippen LogP contribution in [-0.2, 0) is 14.3 Å². The van der Waals surface area contributed by atoms with Gasteiger partial charge in [0.05, 0.1) is 18.4 Å². The molecule has 0 radical (unpaired) electrons. The zero-order valence-corrected chi connectivity index (χ0v) is 10.9. The quantitative estimate of drug-likeness (QED) is 0.772. The number of hydrogen-bond acceptors (Lipinski definition) is 3. The van der Waals surface area contributed by atoms with Crippen LogP contribution in [0.1, 0.15) is 46.5 Å². The first kappa shape index (κ1) is 14.0. The monoisotopic (exact) mass is 242 g/mol. The van der Waals surface area contributed by atoms with Crippen LogP contribution in [0, 0.1) is 17.3 Å². The fourth-order valence-corrected chi connectivity index (χ4v) is 2.10. The lowest BCUT2D eigenvalue weighted by Crippen LogP contribution is -2.35. The van der Waals surface area contributed by atoms with Crippen LogP contribution in [0.25, 0.3) is 0 Å². The molecule has 0 saturated heterocycles. The molecule has 0 aromatic heterocycles. The van der Waals surface area contributed by atoms with Gasteiger partial charge in [-0.05, 0) is 18.3 Å². The number of aliphatic carboxylic acids is 1. The Hall–Kier alpha value is -1.06. The van der Waals surface area contributed by atoms with Gasteiger partial charge in [-0.2, -0.15) is 0 Å². The van der Waals surface area contributed by atoms with Crippen molar-refractivity contribution in [3.63, 3.8) is 0 Å². The summed E-state index contributed by atoms with van der Waals surface area (Å²) in [5.41, 5.74) is -0.0803. The maximum absolute atomic E-state index is 11.9. The number of carbonyl (C=O) groups is 2. The summed E-state index contributed by atoms with van der Waals surface area (Å²) in [6, 6.07) is 0. The summed E-state index contributed by atoms with van der Waals surface area (Å²) in [6.07, 6.45) is 3.03. The normalized spacial score (nSPS) is 25.4. The van der Waals surface area contributed by atoms with E-state index in [0.717, 1.165) is 12.8 Å². The Labute approximate surface area is 102 Å². The average molecular weight is 242 g/mol. The van der Waals surface area contributed by atoms with Crippen molar-refractivity contribution < 1.29 is 19.4 Å². The van der Waals surface area contributed by atoms with Crippen LogP contribution in [0.15, 0.2) is 0 Å². The molecular weight excluding hydrogens is 220 g/mol. The second-order valence-corrected chi connectivity index (χ2v) is 6.00. The molecule has 0 aromatic rings. The van der Waals surface area contributed by atoms with Crippen LogP contribution >= 0.6 is 0 Å². The van der Waals surface area contributed by atoms with Gasteiger partial charge in [0.2, 0.25) is 0 Å². The third-order valence-corrected chi connectivity index (χ3v) is 3.03. The standard InChI is InChI=1S/C13H22O4/c1-13(2,3)8-17-12(16)10-7-5-4-6-9(10)11(14)15/h9-10H,4-8H2,1-3H3,(H,14,15). The molecule has 1 aliphatic rings. The summed E-state index contributed by atoms with van der Waals surface area (Å²) < 4.78 is 5.22. The first-order chi connectivity index (χ1) is 7.81. The van der Waals surface area contributed by atoms with Gasteiger partial charge < -0.3 is 9.84 Å². The fourth-order valence-electron chi connectivity index (χ4n) is 2.10. The summed E-state index contributed by atoms with van der Waals surface area (Å²) in [5, 5.41) is 9.08. The molecule has 1 saturated carbocycles. The van der Waals surface area contributed by atoms with Crippen LogP contribution < -0.4 is 0 Å². The SMILES string of the molecule is CC(C)(C)COC(=O)C1CCCCC1C(=O)O. The van der Waals surface area contributed by atoms with E-state index in [1.54, 1.807) is 0 Å². The van der Waals surface area contributed by atoms with Crippen molar-refractivity contribution in [2.75, 3.05) is 6.61 Å². The van der Waals surface area contributed by atoms with Crippen molar-refractivity contribution in [2.24, 2.45) is 17.3 Å². The Morgan fingerprint density at radius 1 is 1.18 bits per heavy atom. The molecule has 2 atom stereocenters. The van der Waals surface area contributed by atoms with Gasteiger partial charge in [0, 0.05) is 0 Å². The van der Waals surface area contributed by atoms with E-state index in [9.17, 15) is 9.59 Å². The zero-order valence-electron chi connectivity index (χ0n) is 10.9. The van der Waals surface area contributed by atoms with Crippen LogP contribution in [-0.4, -0.2) is 23.7 Å². The van der Waals surface area contributed by atoms with Gasteiger partial charge in [-0.15, -0.1) is 0 Å². The number of rotatable bonds is 3. The van der Waals surface area contributed by atoms with Gasteiger partial charge in [0.1, 0.15) is 0 Å². The summed E-state index contributed by atoms with van der Waals surface area (Å²) in [6.45, 7) is 6.29. The molecule has 0 bridgehead atoms. The van der Waals surface area contributed by atoms with E-state index >= 15 is 0 Å². The smallest absolute Gasteiger partial charge is 0.309 e. The third kappa shape index (κ3) is 4.36. The Kier molecular flexibility index (Phi) is 4.54. The van der Waals surface area contributed by atoms with Crippen molar-refractivity contribution in [3.8, 4) is 0 Å². The molecule has 0 amide bonds. The average Bonchev–Trinajstić information content (AvgIpc) is 2.25. The highest BCUT2D eigenvalue weighted by molar-refractivity contribution is 5.81. The molecule has 0 aromatic carbocycles. The molecule has 1 N–H and O–H groups in total. The predicted octanol–water partition coefficient (Wildman–Crippen LogP) is 2.47. The maximum Gasteiger partial charge on any atom is 0.309 e. The van der Waals surface area contributed by atoms with Gasteiger partial charge in [-0.25, -0.2) is 0 Å². The summed E-state index contributed by atoms with van der Waals surface area (Å²) >= 11 is 0. The summed E-state index contributed by atoms with van der Waals surface area (Å²) in [5.74, 6) is -2.23. The molecule has 0 aliphatic heterocycles. The van der Waals surface area contributed by atoms with Crippen molar-refractivity contribution in [1.82, 2.24) is 0 Å². The van der Waals surface area contributed by atoms with E-state index in [1.165, 1.54) is 0 Å². The van der Waals surface area contributed by atoms with Gasteiger partial charge in [-0.1, -0.05) is 33.6 Å². The van der Waals surface area contributed by atoms with Crippen LogP contribution in [0.4, 0.5) is 0 Å². The second-order valence-electron chi connectivity index (χ2n) is 6.00. The number of carboxylic acid groups (broad SMARTS) is 1. The molecule has 17 heavy (non-hydrogen) atoms. The molecule has 98 valence electrons. The number of hydrogen-bond donors (Lipinski definition) is 1. The Bertz CT molecular complexity index is 290. The maximum atomic E-state index is 11.9. The van der Waals surface area contributed by atoms with Crippen LogP contribution in [0.3, 0.4) is 0 Å². The van der Waals surface area contributed by atoms with E-state index in [1.807, 2.05) is 20.8 Å². The summed E-state index contributed by atoms with van der Waals surface area (Å²) in [7, 11) is 0. The van der Waals surface area contributed by atoms with Gasteiger partial charge in [-0.3, -0.25) is 9.59 Å². The number of carbonyl (C=O) groups excluding carboxylic acids is 1. The van der Waals surface area contributed by atoms with Gasteiger partial charge in [0.25, 0.3) is 0 Å². The largest absolute Gasteiger partial charge is 0.481 e. The number of ether oxygens (including phenoxy) is 1. The van der Waals surface area contributed by atoms with E-state index in [4.69, 9.17) is 9.84 Å². The second kappa shape index (κ2) is 5.52. The minimum absolute atomic E-state index is 0.0803. The van der Waals surface area contributed by atoms with Crippen molar-refractivity contribution >= 4 is 11.9 Å². The topological polar surface area (TPSA) is 63.6 Å². The molecule has 1 aliphatic carbocycles. The first-order valence-corrected chi connectivity index (χ1v) is 6.21. The third-order valence-electron chi connectivity index (χ3n) is 3.03. The first-order valence-electron chi connectivity index (χ1n) is 6.21. The minimum Gasteiger partial charge on any atom is -0.481 e. The molecule has 0 heterocycles. The van der Waals surface area contributed by atoms with E-state index in [2.05, 4.69) is 0 Å². The summed E-state index contributed by atoms with van der Waals surface area (Å²) in [4.78, 5) is 22.9. The highest BCUT2D eigenvalue weighted by Gasteiger charge is 2.37. The van der Waals surface area contributed by atoms with E-state index in [-0.39, 0.29) is 11.4 Å². The predicted molar refractivity (Wildman–Crippen MR) is 63.5 cm³/mol.